The van der Waals surface area contributed by atoms with Gasteiger partial charge in [0, 0.05) is 17.2 Å². The van der Waals surface area contributed by atoms with Crippen molar-refractivity contribution in [1.82, 2.24) is 0 Å². The molecule has 0 aromatic heterocycles. The topological polar surface area (TPSA) is 9.23 Å². The summed E-state index contributed by atoms with van der Waals surface area (Å²) < 4.78 is 173. The highest BCUT2D eigenvalue weighted by Gasteiger charge is 2.62. The lowest BCUT2D eigenvalue weighted by atomic mass is 9.93. The molecule has 5 aromatic carbocycles. The number of rotatable bonds is 7. The van der Waals surface area contributed by atoms with Crippen molar-refractivity contribution < 1.29 is 54.9 Å². The molecule has 0 aliphatic carbocycles. The fourth-order valence-corrected chi connectivity index (χ4v) is 5.89. The van der Waals surface area contributed by atoms with Gasteiger partial charge in [0.1, 0.15) is 29.0 Å². The van der Waals surface area contributed by atoms with Gasteiger partial charge < -0.3 is 4.74 Å². The van der Waals surface area contributed by atoms with Crippen molar-refractivity contribution in [3.63, 3.8) is 0 Å². The molecule has 14 heteroatoms. The van der Waals surface area contributed by atoms with E-state index in [0.29, 0.717) is 24.3 Å². The van der Waals surface area contributed by atoms with Gasteiger partial charge in [0.15, 0.2) is 5.82 Å². The summed E-state index contributed by atoms with van der Waals surface area (Å²) in [6.45, 7) is 5.16. The molecule has 0 amide bonds. The maximum Gasteiger partial charge on any atom is 0.426 e. The maximum absolute atomic E-state index is 15.5. The molecule has 5 rings (SSSR count). The quantitative estimate of drug-likeness (QED) is 0.118. The van der Waals surface area contributed by atoms with Gasteiger partial charge in [-0.25, -0.2) is 22.0 Å². The lowest BCUT2D eigenvalue weighted by Gasteiger charge is -2.33. The summed E-state index contributed by atoms with van der Waals surface area (Å²) in [4.78, 5) is 0. The van der Waals surface area contributed by atoms with Gasteiger partial charge in [-0.05, 0) is 108 Å². The summed E-state index contributed by atoms with van der Waals surface area (Å²) in [7, 11) is -10.2. The van der Waals surface area contributed by atoms with Crippen LogP contribution in [0.1, 0.15) is 66.0 Å². The Balaban J connectivity index is 1.42. The molecule has 1 nitrogen and oxygen atoms in total. The van der Waals surface area contributed by atoms with Gasteiger partial charge in [0.25, 0.3) is 0 Å². The third-order valence-electron chi connectivity index (χ3n) is 8.30. The number of aryl methyl sites for hydroxylation is 1. The van der Waals surface area contributed by atoms with Crippen molar-refractivity contribution >= 4 is 21.0 Å². The lowest BCUT2D eigenvalue weighted by molar-refractivity contribution is -0.185. The number of hydrogen-bond donors (Lipinski definition) is 0. The van der Waals surface area contributed by atoms with Crippen LogP contribution in [-0.4, -0.2) is 0 Å². The molecule has 0 heterocycles. The van der Waals surface area contributed by atoms with Gasteiger partial charge in [0.05, 0.1) is 27.3 Å². The summed E-state index contributed by atoms with van der Waals surface area (Å²) >= 11 is 0. The molecule has 0 atom stereocenters. The zero-order valence-corrected chi connectivity index (χ0v) is 28.6. The van der Waals surface area contributed by atoms with Gasteiger partial charge in [0.2, 0.25) is 0 Å². The number of hydrogen-bond acceptors (Lipinski definition) is 1. The molecule has 0 fully saturated rings. The standard InChI is InChI=1S/C39H26F12OS/c1-4-23(5-2)24-6-9-29(10-7-24)39(45,46)52-30-11-13-31(35(42)21-30)27-17-28-20-34(41)32(38(44)37(28)36(43)19-27)12-8-25-18-33(40)26(16-22(25)3)14-15-53(47,48,49,50)51/h6-7,9-11,13,16-21,23H,4-5H2,1-3H3. The molecule has 0 saturated carbocycles. The van der Waals surface area contributed by atoms with E-state index in [4.69, 9.17) is 4.74 Å². The highest BCUT2D eigenvalue weighted by molar-refractivity contribution is 8.49. The Bertz CT molecular complexity index is 2380. The minimum Gasteiger partial charge on any atom is -0.429 e. The Morgan fingerprint density at radius 3 is 1.94 bits per heavy atom. The van der Waals surface area contributed by atoms with E-state index in [9.17, 15) is 32.6 Å². The predicted molar refractivity (Wildman–Crippen MR) is 181 cm³/mol. The van der Waals surface area contributed by atoms with Crippen LogP contribution in [0.15, 0.2) is 72.8 Å². The van der Waals surface area contributed by atoms with E-state index in [1.807, 2.05) is 13.8 Å². The second-order valence-corrected chi connectivity index (χ2v) is 14.2. The Kier molecular flexibility index (Phi) is 9.81. The highest BCUT2D eigenvalue weighted by Crippen LogP contribution is 2.97. The molecular weight excluding hydrogens is 744 g/mol. The van der Waals surface area contributed by atoms with E-state index < -0.39 is 73.2 Å². The van der Waals surface area contributed by atoms with Crippen molar-refractivity contribution in [2.24, 2.45) is 0 Å². The van der Waals surface area contributed by atoms with Crippen LogP contribution >= 0.6 is 10.2 Å². The first kappa shape index (κ1) is 39.0. The van der Waals surface area contributed by atoms with E-state index >= 15 is 17.6 Å². The van der Waals surface area contributed by atoms with Gasteiger partial charge in [-0.15, -0.1) is 0 Å². The zero-order valence-electron chi connectivity index (χ0n) is 27.8. The van der Waals surface area contributed by atoms with Crippen molar-refractivity contribution in [2.75, 3.05) is 0 Å². The smallest absolute Gasteiger partial charge is 0.426 e. The van der Waals surface area contributed by atoms with Crippen molar-refractivity contribution in [1.29, 1.82) is 0 Å². The van der Waals surface area contributed by atoms with E-state index in [-0.39, 0.29) is 38.8 Å². The summed E-state index contributed by atoms with van der Waals surface area (Å²) in [5.41, 5.74) is -2.50. The maximum atomic E-state index is 15.5. The third-order valence-corrected chi connectivity index (χ3v) is 8.78. The molecule has 0 unspecified atom stereocenters. The van der Waals surface area contributed by atoms with E-state index in [2.05, 4.69) is 11.8 Å². The SMILES string of the molecule is CCC(CC)c1ccc(C(F)(F)Oc2ccc(-c3cc(F)c4c(F)c(C#Cc5cc(F)c(C#CS(F)(F)(F)(F)F)cc5C)c(F)cc4c3)c(F)c2)cc1. The van der Waals surface area contributed by atoms with Crippen LogP contribution in [0.25, 0.3) is 21.9 Å². The Morgan fingerprint density at radius 1 is 0.679 bits per heavy atom. The van der Waals surface area contributed by atoms with Crippen LogP contribution in [0.4, 0.5) is 50.2 Å². The summed E-state index contributed by atoms with van der Waals surface area (Å²) in [6, 6.07) is 11.9. The zero-order chi connectivity index (χ0) is 39.2. The summed E-state index contributed by atoms with van der Waals surface area (Å²) in [6.07, 6.45) is -2.19. The molecule has 5 aromatic rings. The number of benzene rings is 5. The molecule has 0 saturated heterocycles. The van der Waals surface area contributed by atoms with Crippen LogP contribution in [0.2, 0.25) is 0 Å². The Labute approximate surface area is 296 Å². The Hall–Kier alpha value is -5.21. The van der Waals surface area contributed by atoms with E-state index in [1.165, 1.54) is 19.1 Å². The molecule has 53 heavy (non-hydrogen) atoms. The monoisotopic (exact) mass is 770 g/mol. The minimum atomic E-state index is -10.2. The van der Waals surface area contributed by atoms with E-state index in [1.54, 1.807) is 12.1 Å². The fraction of sp³-hybridized carbons (Fsp3) is 0.179. The molecule has 278 valence electrons. The van der Waals surface area contributed by atoms with Crippen LogP contribution in [0, 0.1) is 59.0 Å². The first-order valence-corrected chi connectivity index (χ1v) is 17.6. The van der Waals surface area contributed by atoms with Gasteiger partial charge >= 0.3 is 16.3 Å². The largest absolute Gasteiger partial charge is 0.429 e. The van der Waals surface area contributed by atoms with Crippen LogP contribution in [0.3, 0.4) is 0 Å². The number of alkyl halides is 2. The molecule has 0 radical (unpaired) electrons. The summed E-state index contributed by atoms with van der Waals surface area (Å²) in [5.74, 6) is -1.70. The first-order chi connectivity index (χ1) is 24.5. The lowest BCUT2D eigenvalue weighted by Crippen LogP contribution is -2.22. The van der Waals surface area contributed by atoms with Crippen LogP contribution in [0.5, 0.6) is 5.75 Å². The van der Waals surface area contributed by atoms with Crippen molar-refractivity contribution in [3.05, 3.63) is 135 Å². The van der Waals surface area contributed by atoms with Crippen molar-refractivity contribution in [3.8, 4) is 39.9 Å². The number of halogens is 12. The third kappa shape index (κ3) is 9.06. The second kappa shape index (κ2) is 13.3. The van der Waals surface area contributed by atoms with Gasteiger partial charge in [-0.1, -0.05) is 57.2 Å². The van der Waals surface area contributed by atoms with Gasteiger partial charge in [-0.3, -0.25) is 0 Å². The minimum absolute atomic E-state index is 0.0869. The first-order valence-electron chi connectivity index (χ1n) is 15.7. The fourth-order valence-electron chi connectivity index (χ4n) is 5.58. The Morgan fingerprint density at radius 2 is 1.34 bits per heavy atom. The molecule has 0 aliphatic heterocycles. The van der Waals surface area contributed by atoms with Gasteiger partial charge in [-0.2, -0.15) is 8.78 Å². The number of ether oxygens (including phenoxy) is 1. The normalized spacial score (nSPS) is 13.1. The summed E-state index contributed by atoms with van der Waals surface area (Å²) in [5, 5.41) is -1.26. The molecule has 0 aliphatic rings. The molecule has 0 spiro atoms. The van der Waals surface area contributed by atoms with Crippen LogP contribution in [-0.2, 0) is 6.11 Å². The average molecular weight is 771 g/mol. The highest BCUT2D eigenvalue weighted by atomic mass is 32.5. The predicted octanol–water partition coefficient (Wildman–Crippen LogP) is 13.5. The average Bonchev–Trinajstić information content (AvgIpc) is 3.04. The molecular formula is C39H26F12OS. The van der Waals surface area contributed by atoms with E-state index in [0.717, 1.165) is 48.6 Å². The van der Waals surface area contributed by atoms with Crippen LogP contribution < -0.4 is 4.74 Å². The molecule has 0 bridgehead atoms. The molecule has 0 N–H and O–H groups in total. The number of fused-ring (bicyclic) bond motifs is 1. The van der Waals surface area contributed by atoms with Crippen molar-refractivity contribution in [2.45, 2.75) is 45.6 Å². The second-order valence-electron chi connectivity index (χ2n) is 12.1.